The number of allylic oxidation sites excluding steroid dienone is 2. The summed E-state index contributed by atoms with van der Waals surface area (Å²) >= 11 is 0. The van der Waals surface area contributed by atoms with Gasteiger partial charge in [-0.25, -0.2) is 0 Å². The van der Waals surface area contributed by atoms with Gasteiger partial charge >= 0.3 is 0 Å². The number of carbonyl (C=O) groups excluding carboxylic acids is 1. The van der Waals surface area contributed by atoms with Crippen molar-refractivity contribution in [3.05, 3.63) is 23.5 Å². The lowest BCUT2D eigenvalue weighted by Gasteiger charge is -2.58. The lowest BCUT2D eigenvalue weighted by atomic mass is 9.46. The van der Waals surface area contributed by atoms with Crippen molar-refractivity contribution in [1.29, 1.82) is 0 Å². The van der Waals surface area contributed by atoms with Gasteiger partial charge in [0.25, 0.3) is 0 Å². The Labute approximate surface area is 184 Å². The van der Waals surface area contributed by atoms with Gasteiger partial charge in [-0.15, -0.1) is 0 Å². The largest absolute Gasteiger partial charge is 0.515 e. The number of aliphatic hydroxyl groups excluding tert-OH is 1. The van der Waals surface area contributed by atoms with Crippen LogP contribution >= 0.6 is 0 Å². The highest BCUT2D eigenvalue weighted by Gasteiger charge is 2.59. The van der Waals surface area contributed by atoms with E-state index >= 15 is 0 Å². The lowest BCUT2D eigenvalue weighted by Crippen LogP contribution is -2.51. The summed E-state index contributed by atoms with van der Waals surface area (Å²) in [4.78, 5) is 12.4. The van der Waals surface area contributed by atoms with Crippen molar-refractivity contribution in [2.75, 3.05) is 0 Å². The second-order valence-electron chi connectivity index (χ2n) is 12.2. The average molecular weight is 413 g/mol. The van der Waals surface area contributed by atoms with E-state index < -0.39 is 0 Å². The highest BCUT2D eigenvalue weighted by molar-refractivity contribution is 6.05. The zero-order valence-electron chi connectivity index (χ0n) is 20.0. The van der Waals surface area contributed by atoms with E-state index in [-0.39, 0.29) is 11.2 Å². The van der Waals surface area contributed by atoms with Crippen LogP contribution in [0.2, 0.25) is 0 Å². The molecule has 0 radical (unpaired) electrons. The van der Waals surface area contributed by atoms with Crippen LogP contribution in [0.4, 0.5) is 0 Å². The Morgan fingerprint density at radius 2 is 1.87 bits per heavy atom. The first-order valence-electron chi connectivity index (χ1n) is 12.8. The van der Waals surface area contributed by atoms with Crippen molar-refractivity contribution in [2.45, 2.75) is 98.8 Å². The maximum absolute atomic E-state index is 12.4. The topological polar surface area (TPSA) is 37.3 Å². The summed E-state index contributed by atoms with van der Waals surface area (Å²) < 4.78 is 0. The number of hydrogen-bond acceptors (Lipinski definition) is 2. The van der Waals surface area contributed by atoms with Gasteiger partial charge in [0.15, 0.2) is 5.78 Å². The summed E-state index contributed by atoms with van der Waals surface area (Å²) in [5.41, 5.74) is 2.59. The summed E-state index contributed by atoms with van der Waals surface area (Å²) in [5, 5.41) is 9.64. The molecule has 0 heterocycles. The van der Waals surface area contributed by atoms with E-state index in [2.05, 4.69) is 34.6 Å². The van der Waals surface area contributed by atoms with E-state index in [1.165, 1.54) is 56.9 Å². The molecule has 2 nitrogen and oxygen atoms in total. The maximum Gasteiger partial charge on any atom is 0.184 e. The van der Waals surface area contributed by atoms with Gasteiger partial charge in [0.1, 0.15) is 0 Å². The van der Waals surface area contributed by atoms with Gasteiger partial charge in [-0.2, -0.15) is 0 Å². The van der Waals surface area contributed by atoms with Crippen LogP contribution in [0, 0.1) is 46.3 Å². The van der Waals surface area contributed by atoms with E-state index in [1.807, 2.05) is 6.08 Å². The summed E-state index contributed by atoms with van der Waals surface area (Å²) in [5.74, 6) is 4.93. The Morgan fingerprint density at radius 1 is 1.10 bits per heavy atom. The first-order valence-corrected chi connectivity index (χ1v) is 12.8. The van der Waals surface area contributed by atoms with Crippen LogP contribution in [0.15, 0.2) is 23.5 Å². The van der Waals surface area contributed by atoms with Crippen LogP contribution in [-0.4, -0.2) is 10.9 Å². The zero-order chi connectivity index (χ0) is 21.7. The third-order valence-electron chi connectivity index (χ3n) is 10.3. The molecule has 4 aliphatic rings. The minimum atomic E-state index is 0.0419. The second kappa shape index (κ2) is 8.14. The normalized spacial score (nSPS) is 43.2. The molecule has 0 amide bonds. The Balaban J connectivity index is 1.52. The summed E-state index contributed by atoms with van der Waals surface area (Å²) in [6.45, 7) is 12.3. The molecule has 0 aliphatic heterocycles. The molecule has 168 valence electrons. The predicted octanol–water partition coefficient (Wildman–Crippen LogP) is 7.65. The van der Waals surface area contributed by atoms with Crippen molar-refractivity contribution in [1.82, 2.24) is 0 Å². The standard InChI is InChI=1S/C28H44O2/c1-18(2)7-6-8-19(3)23-11-12-24-22-10-9-21-15-26(30)20(17-29)16-28(21,5)25(22)13-14-27(23,24)4/h15,17-19,22-25,29H,6-14,16H2,1-5H3/b20-17+/t19-,22-,23+,24-,25-,27+,28-/m0/s1. The quantitative estimate of drug-likeness (QED) is 0.372. The van der Waals surface area contributed by atoms with E-state index in [1.54, 1.807) is 0 Å². The fourth-order valence-electron chi connectivity index (χ4n) is 8.68. The van der Waals surface area contributed by atoms with Crippen molar-refractivity contribution in [3.8, 4) is 0 Å². The molecule has 0 aromatic carbocycles. The van der Waals surface area contributed by atoms with Crippen LogP contribution in [0.25, 0.3) is 0 Å². The molecule has 7 atom stereocenters. The number of ketones is 1. The molecular weight excluding hydrogens is 368 g/mol. The minimum absolute atomic E-state index is 0.0419. The molecule has 4 aliphatic carbocycles. The monoisotopic (exact) mass is 412 g/mol. The predicted molar refractivity (Wildman–Crippen MR) is 124 cm³/mol. The zero-order valence-corrected chi connectivity index (χ0v) is 20.0. The van der Waals surface area contributed by atoms with Crippen molar-refractivity contribution < 1.29 is 9.90 Å². The van der Waals surface area contributed by atoms with Gasteiger partial charge in [0.05, 0.1) is 6.26 Å². The van der Waals surface area contributed by atoms with Gasteiger partial charge in [0, 0.05) is 5.57 Å². The molecular formula is C28H44O2. The fourth-order valence-corrected chi connectivity index (χ4v) is 8.68. The second-order valence-corrected chi connectivity index (χ2v) is 12.2. The molecule has 0 unspecified atom stereocenters. The summed E-state index contributed by atoms with van der Waals surface area (Å²) in [6.07, 6.45) is 15.7. The van der Waals surface area contributed by atoms with E-state index in [9.17, 15) is 9.90 Å². The molecule has 0 bridgehead atoms. The molecule has 3 fully saturated rings. The summed E-state index contributed by atoms with van der Waals surface area (Å²) in [6, 6.07) is 0. The molecule has 0 saturated heterocycles. The Morgan fingerprint density at radius 3 is 2.57 bits per heavy atom. The van der Waals surface area contributed by atoms with Gasteiger partial charge in [-0.3, -0.25) is 4.79 Å². The van der Waals surface area contributed by atoms with Crippen LogP contribution in [0.1, 0.15) is 98.8 Å². The molecule has 1 N–H and O–H groups in total. The first kappa shape index (κ1) is 22.2. The van der Waals surface area contributed by atoms with Crippen molar-refractivity contribution in [3.63, 3.8) is 0 Å². The van der Waals surface area contributed by atoms with Crippen LogP contribution in [0.3, 0.4) is 0 Å². The van der Waals surface area contributed by atoms with E-state index in [4.69, 9.17) is 0 Å². The Kier molecular flexibility index (Phi) is 6.01. The third kappa shape index (κ3) is 3.51. The number of carbonyl (C=O) groups is 1. The highest BCUT2D eigenvalue weighted by Crippen LogP contribution is 2.67. The van der Waals surface area contributed by atoms with Crippen LogP contribution < -0.4 is 0 Å². The first-order chi connectivity index (χ1) is 14.2. The van der Waals surface area contributed by atoms with Gasteiger partial charge in [0.2, 0.25) is 0 Å². The summed E-state index contributed by atoms with van der Waals surface area (Å²) in [7, 11) is 0. The molecule has 4 rings (SSSR count). The Hall–Kier alpha value is -1.05. The number of hydrogen-bond donors (Lipinski definition) is 1. The minimum Gasteiger partial charge on any atom is -0.515 e. The van der Waals surface area contributed by atoms with Crippen molar-refractivity contribution >= 4 is 5.78 Å². The van der Waals surface area contributed by atoms with E-state index in [0.717, 1.165) is 48.7 Å². The van der Waals surface area contributed by atoms with Crippen LogP contribution in [0.5, 0.6) is 0 Å². The molecule has 0 spiro atoms. The smallest absolute Gasteiger partial charge is 0.184 e. The highest BCUT2D eigenvalue weighted by atomic mass is 16.2. The third-order valence-corrected chi connectivity index (χ3v) is 10.3. The lowest BCUT2D eigenvalue weighted by molar-refractivity contribution is -0.113. The van der Waals surface area contributed by atoms with E-state index in [0.29, 0.717) is 16.9 Å². The molecule has 2 heteroatoms. The van der Waals surface area contributed by atoms with Gasteiger partial charge < -0.3 is 5.11 Å². The SMILES string of the molecule is CC(C)CCC[C@H](C)[C@H]1CC[C@H]2[C@@H]3CCC4=CC(=O)/C(=C/O)C[C@]4(C)[C@H]3CC[C@]12C. The molecule has 30 heavy (non-hydrogen) atoms. The molecule has 0 aromatic rings. The van der Waals surface area contributed by atoms with Gasteiger partial charge in [-0.1, -0.05) is 59.5 Å². The fraction of sp³-hybridized carbons (Fsp3) is 0.821. The average Bonchev–Trinajstić information content (AvgIpc) is 3.05. The number of fused-ring (bicyclic) bond motifs is 5. The van der Waals surface area contributed by atoms with Crippen molar-refractivity contribution in [2.24, 2.45) is 46.3 Å². The molecule has 0 aromatic heterocycles. The molecule has 3 saturated carbocycles. The maximum atomic E-state index is 12.4. The number of rotatable bonds is 5. The number of aliphatic hydroxyl groups is 1. The van der Waals surface area contributed by atoms with Gasteiger partial charge in [-0.05, 0) is 97.4 Å². The van der Waals surface area contributed by atoms with Crippen LogP contribution in [-0.2, 0) is 4.79 Å². The Bertz CT molecular complexity index is 731.